The van der Waals surface area contributed by atoms with Gasteiger partial charge in [-0.25, -0.2) is 0 Å². The lowest BCUT2D eigenvalue weighted by molar-refractivity contribution is -0.122. The Morgan fingerprint density at radius 2 is 2.18 bits per heavy atom. The number of hydrogen-bond donors (Lipinski definition) is 1. The van der Waals surface area contributed by atoms with E-state index in [-0.39, 0.29) is 23.7 Å². The third-order valence-corrected chi connectivity index (χ3v) is 4.36. The highest BCUT2D eigenvalue weighted by atomic mass is 32.2. The number of carbonyl (C=O) groups is 2. The van der Waals surface area contributed by atoms with Gasteiger partial charge in [-0.05, 0) is 19.1 Å². The summed E-state index contributed by atoms with van der Waals surface area (Å²) in [6, 6.07) is 5.23. The molecule has 0 radical (unpaired) electrons. The van der Waals surface area contributed by atoms with Crippen molar-refractivity contribution < 1.29 is 19.1 Å². The highest BCUT2D eigenvalue weighted by Gasteiger charge is 2.24. The number of benzene rings is 1. The average Bonchev–Trinajstić information content (AvgIpc) is 2.91. The molecular weight excluding hydrogens is 304 g/mol. The van der Waals surface area contributed by atoms with Crippen LogP contribution in [-0.2, 0) is 4.79 Å². The first-order valence-corrected chi connectivity index (χ1v) is 7.96. The molecule has 0 unspecified atom stereocenters. The molecule has 7 heteroatoms. The second-order valence-electron chi connectivity index (χ2n) is 4.93. The maximum atomic E-state index is 12.1. The number of methoxy groups -OCH3 is 2. The predicted molar refractivity (Wildman–Crippen MR) is 85.5 cm³/mol. The van der Waals surface area contributed by atoms with Gasteiger partial charge in [-0.1, -0.05) is 11.8 Å². The van der Waals surface area contributed by atoms with Gasteiger partial charge in [0, 0.05) is 23.9 Å². The van der Waals surface area contributed by atoms with Crippen LogP contribution in [0.15, 0.2) is 18.2 Å². The number of nitrogens with one attached hydrogen (secondary N) is 1. The number of carbonyl (C=O) groups excluding carboxylic acids is 2. The summed E-state index contributed by atoms with van der Waals surface area (Å²) < 4.78 is 10.5. The monoisotopic (exact) mass is 324 g/mol. The molecule has 1 heterocycles. The van der Waals surface area contributed by atoms with Gasteiger partial charge in [-0.15, -0.1) is 0 Å². The van der Waals surface area contributed by atoms with Gasteiger partial charge in [0.05, 0.1) is 20.3 Å². The Morgan fingerprint density at radius 1 is 1.41 bits per heavy atom. The molecule has 6 nitrogen and oxygen atoms in total. The van der Waals surface area contributed by atoms with Crippen LogP contribution >= 0.6 is 11.8 Å². The van der Waals surface area contributed by atoms with Crippen molar-refractivity contribution in [1.82, 2.24) is 10.2 Å². The fraction of sp³-hybridized carbons (Fsp3) is 0.467. The zero-order valence-electron chi connectivity index (χ0n) is 12.9. The van der Waals surface area contributed by atoms with Gasteiger partial charge in [-0.2, -0.15) is 0 Å². The molecule has 0 bridgehead atoms. The fourth-order valence-electron chi connectivity index (χ4n) is 2.28. The summed E-state index contributed by atoms with van der Waals surface area (Å²) in [5, 5.41) is 2.86. The molecule has 1 fully saturated rings. The van der Waals surface area contributed by atoms with Crippen LogP contribution in [0.25, 0.3) is 0 Å². The lowest BCUT2D eigenvalue weighted by atomic mass is 10.1. The van der Waals surface area contributed by atoms with Gasteiger partial charge in [0.15, 0.2) is 0 Å². The minimum atomic E-state index is -0.223. The summed E-state index contributed by atoms with van der Waals surface area (Å²) >= 11 is 1.25. The van der Waals surface area contributed by atoms with Crippen LogP contribution in [0.5, 0.6) is 11.5 Å². The minimum absolute atomic E-state index is 0.0372. The third-order valence-electron chi connectivity index (χ3n) is 3.46. The van der Waals surface area contributed by atoms with Gasteiger partial charge in [0.1, 0.15) is 18.0 Å². The molecule has 0 aliphatic carbocycles. The predicted octanol–water partition coefficient (Wildman–Crippen LogP) is 2.05. The molecular formula is C15H20N2O4S. The van der Waals surface area contributed by atoms with Crippen molar-refractivity contribution in [3.05, 3.63) is 23.8 Å². The molecule has 22 heavy (non-hydrogen) atoms. The van der Waals surface area contributed by atoms with E-state index in [0.29, 0.717) is 18.0 Å². The Kier molecular flexibility index (Phi) is 5.54. The summed E-state index contributed by atoms with van der Waals surface area (Å²) in [6.07, 6.45) is 0. The topological polar surface area (TPSA) is 67.9 Å². The molecule has 0 saturated carbocycles. The Morgan fingerprint density at radius 3 is 2.77 bits per heavy atom. The number of rotatable bonds is 6. The minimum Gasteiger partial charge on any atom is -0.497 e. The molecule has 1 aliphatic heterocycles. The summed E-state index contributed by atoms with van der Waals surface area (Å²) in [5.41, 5.74) is 0.860. The van der Waals surface area contributed by atoms with E-state index >= 15 is 0 Å². The zero-order chi connectivity index (χ0) is 16.1. The molecule has 1 saturated heterocycles. The summed E-state index contributed by atoms with van der Waals surface area (Å²) in [6.45, 7) is 2.59. The summed E-state index contributed by atoms with van der Waals surface area (Å²) in [5.74, 6) is 1.91. The van der Waals surface area contributed by atoms with E-state index in [1.54, 1.807) is 25.2 Å². The third kappa shape index (κ3) is 3.85. The van der Waals surface area contributed by atoms with Gasteiger partial charge in [0.2, 0.25) is 5.91 Å². The zero-order valence-corrected chi connectivity index (χ0v) is 13.7. The van der Waals surface area contributed by atoms with Crippen molar-refractivity contribution in [3.8, 4) is 11.5 Å². The second-order valence-corrected chi connectivity index (χ2v) is 5.98. The molecule has 0 spiro atoms. The lowest BCUT2D eigenvalue weighted by Gasteiger charge is -2.20. The Hall–Kier alpha value is -1.89. The van der Waals surface area contributed by atoms with Crippen LogP contribution in [0.2, 0.25) is 0 Å². The Bertz CT molecular complexity index is 564. The first-order chi connectivity index (χ1) is 10.5. The summed E-state index contributed by atoms with van der Waals surface area (Å²) in [7, 11) is 3.16. The first kappa shape index (κ1) is 16.5. The standard InChI is InChI=1S/C15H20N2O4S/c1-10(12-5-4-11(20-2)8-13(12)21-3)16-14(18)9-17-6-7-22-15(17)19/h4-5,8,10H,6-7,9H2,1-3H3,(H,16,18)/t10-/m1/s1. The maximum Gasteiger partial charge on any atom is 0.282 e. The van der Waals surface area contributed by atoms with Crippen LogP contribution in [0.3, 0.4) is 0 Å². The fourth-order valence-corrected chi connectivity index (χ4v) is 3.11. The van der Waals surface area contributed by atoms with E-state index in [4.69, 9.17) is 9.47 Å². The van der Waals surface area contributed by atoms with E-state index in [2.05, 4.69) is 5.32 Å². The lowest BCUT2D eigenvalue weighted by Crippen LogP contribution is -2.38. The molecule has 2 amide bonds. The number of thioether (sulfide) groups is 1. The molecule has 1 N–H and O–H groups in total. The van der Waals surface area contributed by atoms with E-state index in [9.17, 15) is 9.59 Å². The van der Waals surface area contributed by atoms with E-state index in [1.165, 1.54) is 11.8 Å². The van der Waals surface area contributed by atoms with Crippen molar-refractivity contribution in [2.24, 2.45) is 0 Å². The van der Waals surface area contributed by atoms with Crippen molar-refractivity contribution >= 4 is 22.9 Å². The number of hydrogen-bond acceptors (Lipinski definition) is 5. The number of ether oxygens (including phenoxy) is 2. The normalized spacial score (nSPS) is 15.6. The van der Waals surface area contributed by atoms with Crippen LogP contribution < -0.4 is 14.8 Å². The van der Waals surface area contributed by atoms with Crippen molar-refractivity contribution in [2.75, 3.05) is 33.1 Å². The van der Waals surface area contributed by atoms with Gasteiger partial charge < -0.3 is 19.7 Å². The largest absolute Gasteiger partial charge is 0.497 e. The molecule has 120 valence electrons. The molecule has 1 aromatic rings. The molecule has 1 atom stereocenters. The molecule has 0 aromatic heterocycles. The van der Waals surface area contributed by atoms with Crippen molar-refractivity contribution in [3.63, 3.8) is 0 Å². The number of nitrogens with zero attached hydrogens (tertiary/aromatic N) is 1. The highest BCUT2D eigenvalue weighted by molar-refractivity contribution is 8.13. The van der Waals surface area contributed by atoms with Crippen LogP contribution in [0.1, 0.15) is 18.5 Å². The van der Waals surface area contributed by atoms with Gasteiger partial charge >= 0.3 is 0 Å². The Labute approximate surface area is 134 Å². The van der Waals surface area contributed by atoms with E-state index < -0.39 is 0 Å². The quantitative estimate of drug-likeness (QED) is 0.867. The first-order valence-electron chi connectivity index (χ1n) is 6.98. The smallest absolute Gasteiger partial charge is 0.282 e. The molecule has 2 rings (SSSR count). The molecule has 1 aromatic carbocycles. The van der Waals surface area contributed by atoms with Crippen LogP contribution in [0.4, 0.5) is 4.79 Å². The summed E-state index contributed by atoms with van der Waals surface area (Å²) in [4.78, 5) is 25.1. The number of amides is 2. The van der Waals surface area contributed by atoms with Gasteiger partial charge in [-0.3, -0.25) is 9.59 Å². The van der Waals surface area contributed by atoms with Gasteiger partial charge in [0.25, 0.3) is 5.24 Å². The van der Waals surface area contributed by atoms with Crippen LogP contribution in [-0.4, -0.2) is 49.1 Å². The average molecular weight is 324 g/mol. The van der Waals surface area contributed by atoms with Crippen LogP contribution in [0, 0.1) is 0 Å². The van der Waals surface area contributed by atoms with Crippen molar-refractivity contribution in [1.29, 1.82) is 0 Å². The second kappa shape index (κ2) is 7.40. The van der Waals surface area contributed by atoms with E-state index in [0.717, 1.165) is 11.3 Å². The SMILES string of the molecule is COc1ccc([C@@H](C)NC(=O)CN2CCSC2=O)c(OC)c1. The Balaban J connectivity index is 2.00. The molecule has 1 aliphatic rings. The maximum absolute atomic E-state index is 12.1. The highest BCUT2D eigenvalue weighted by Crippen LogP contribution is 2.29. The van der Waals surface area contributed by atoms with E-state index in [1.807, 2.05) is 19.1 Å². The van der Waals surface area contributed by atoms with Crippen molar-refractivity contribution in [2.45, 2.75) is 13.0 Å².